The van der Waals surface area contributed by atoms with E-state index in [1.54, 1.807) is 0 Å². The Morgan fingerprint density at radius 2 is 1.95 bits per heavy atom. The smallest absolute Gasteiger partial charge is 0.234 e. The summed E-state index contributed by atoms with van der Waals surface area (Å²) in [6.45, 7) is 6.52. The number of nitrogens with zero attached hydrogens (tertiary/aromatic N) is 3. The van der Waals surface area contributed by atoms with Gasteiger partial charge in [-0.05, 0) is 12.0 Å². The van der Waals surface area contributed by atoms with Gasteiger partial charge in [-0.25, -0.2) is 0 Å². The van der Waals surface area contributed by atoms with Crippen LogP contribution in [0.5, 0.6) is 0 Å². The van der Waals surface area contributed by atoms with E-state index in [2.05, 4.69) is 21.2 Å². The molecule has 5 nitrogen and oxygen atoms in total. The van der Waals surface area contributed by atoms with Gasteiger partial charge in [-0.2, -0.15) is 5.26 Å². The van der Waals surface area contributed by atoms with Crippen LogP contribution in [0.2, 0.25) is 0 Å². The molecule has 0 saturated carbocycles. The van der Waals surface area contributed by atoms with E-state index in [-0.39, 0.29) is 11.9 Å². The number of carbonyl (C=O) groups excluding carboxylic acids is 1. The average Bonchev–Trinajstić information content (AvgIpc) is 2.56. The van der Waals surface area contributed by atoms with Gasteiger partial charge in [-0.15, -0.1) is 0 Å². The van der Waals surface area contributed by atoms with Crippen LogP contribution in [-0.2, 0) is 4.79 Å². The highest BCUT2D eigenvalue weighted by Gasteiger charge is 2.25. The minimum absolute atomic E-state index is 0.0928. The highest BCUT2D eigenvalue weighted by Crippen LogP contribution is 2.21. The number of piperazine rings is 1. The molecule has 1 amide bonds. The van der Waals surface area contributed by atoms with Crippen LogP contribution in [0.4, 0.5) is 0 Å². The van der Waals surface area contributed by atoms with Crippen molar-refractivity contribution in [2.75, 3.05) is 39.3 Å². The fraction of sp³-hybridized carbons (Fsp3) is 0.529. The first-order valence-electron chi connectivity index (χ1n) is 7.92. The van der Waals surface area contributed by atoms with Crippen molar-refractivity contribution in [3.63, 3.8) is 0 Å². The number of hydrogen-bond acceptors (Lipinski definition) is 4. The number of amides is 1. The van der Waals surface area contributed by atoms with Gasteiger partial charge in [0.15, 0.2) is 0 Å². The van der Waals surface area contributed by atoms with Gasteiger partial charge in [-0.3, -0.25) is 14.6 Å². The van der Waals surface area contributed by atoms with Crippen molar-refractivity contribution in [3.05, 3.63) is 35.9 Å². The lowest BCUT2D eigenvalue weighted by atomic mass is 10.1. The number of rotatable bonds is 6. The predicted molar refractivity (Wildman–Crippen MR) is 86.1 cm³/mol. The van der Waals surface area contributed by atoms with Crippen molar-refractivity contribution < 1.29 is 4.79 Å². The molecule has 1 aromatic carbocycles. The number of benzene rings is 1. The molecule has 0 spiro atoms. The molecule has 1 saturated heterocycles. The van der Waals surface area contributed by atoms with Crippen molar-refractivity contribution in [3.8, 4) is 6.07 Å². The second kappa shape index (κ2) is 8.52. The zero-order chi connectivity index (χ0) is 15.8. The lowest BCUT2D eigenvalue weighted by Crippen LogP contribution is -2.50. The minimum atomic E-state index is -0.197. The molecule has 5 heteroatoms. The summed E-state index contributed by atoms with van der Waals surface area (Å²) in [5, 5.41) is 12.4. The van der Waals surface area contributed by atoms with E-state index in [1.807, 2.05) is 37.3 Å². The van der Waals surface area contributed by atoms with E-state index < -0.39 is 0 Å². The van der Waals surface area contributed by atoms with Crippen LogP contribution in [0.3, 0.4) is 0 Å². The first-order valence-corrected chi connectivity index (χ1v) is 7.92. The summed E-state index contributed by atoms with van der Waals surface area (Å²) in [6.07, 6.45) is 0.959. The molecule has 1 unspecified atom stereocenters. The topological polar surface area (TPSA) is 59.4 Å². The molecule has 1 fully saturated rings. The van der Waals surface area contributed by atoms with E-state index in [0.29, 0.717) is 6.54 Å². The van der Waals surface area contributed by atoms with Gasteiger partial charge in [0, 0.05) is 32.7 Å². The van der Waals surface area contributed by atoms with Gasteiger partial charge < -0.3 is 5.32 Å². The molecule has 0 aromatic heterocycles. The van der Waals surface area contributed by atoms with Gasteiger partial charge >= 0.3 is 0 Å². The van der Waals surface area contributed by atoms with Crippen LogP contribution in [0.15, 0.2) is 30.3 Å². The van der Waals surface area contributed by atoms with Crippen LogP contribution >= 0.6 is 0 Å². The fourth-order valence-corrected chi connectivity index (χ4v) is 2.71. The molecule has 1 heterocycles. The van der Waals surface area contributed by atoms with Gasteiger partial charge in [0.2, 0.25) is 5.91 Å². The standard InChI is InChI=1S/C17H24N4O/c1-2-8-19-17(22)14-20-9-11-21(12-10-20)16(13-18)15-6-4-3-5-7-15/h3-7,16H,2,8-12,14H2,1H3,(H,19,22). The van der Waals surface area contributed by atoms with Crippen molar-refractivity contribution in [1.29, 1.82) is 5.26 Å². The Labute approximate surface area is 132 Å². The zero-order valence-corrected chi connectivity index (χ0v) is 13.2. The molecule has 118 valence electrons. The molecule has 2 rings (SSSR count). The summed E-state index contributed by atoms with van der Waals surface area (Å²) in [4.78, 5) is 16.1. The minimum Gasteiger partial charge on any atom is -0.355 e. The Bertz CT molecular complexity index is 503. The highest BCUT2D eigenvalue weighted by molar-refractivity contribution is 5.77. The van der Waals surface area contributed by atoms with Crippen LogP contribution < -0.4 is 5.32 Å². The maximum absolute atomic E-state index is 11.7. The van der Waals surface area contributed by atoms with E-state index in [1.165, 1.54) is 0 Å². The first kappa shape index (κ1) is 16.5. The van der Waals surface area contributed by atoms with Gasteiger partial charge in [0.1, 0.15) is 6.04 Å². The van der Waals surface area contributed by atoms with E-state index in [4.69, 9.17) is 0 Å². The molecule has 1 N–H and O–H groups in total. The molecule has 22 heavy (non-hydrogen) atoms. The first-order chi connectivity index (χ1) is 10.7. The predicted octanol–water partition coefficient (Wildman–Crippen LogP) is 1.40. The summed E-state index contributed by atoms with van der Waals surface area (Å²) in [7, 11) is 0. The van der Waals surface area contributed by atoms with Crippen molar-refractivity contribution >= 4 is 5.91 Å². The van der Waals surface area contributed by atoms with Crippen LogP contribution in [0.25, 0.3) is 0 Å². The summed E-state index contributed by atoms with van der Waals surface area (Å²) >= 11 is 0. The molecular weight excluding hydrogens is 276 g/mol. The summed E-state index contributed by atoms with van der Waals surface area (Å²) in [5.74, 6) is 0.0928. The van der Waals surface area contributed by atoms with Crippen LogP contribution in [0.1, 0.15) is 24.9 Å². The third-order valence-corrected chi connectivity index (χ3v) is 3.95. The average molecular weight is 300 g/mol. The molecule has 0 aliphatic carbocycles. The Morgan fingerprint density at radius 3 is 2.55 bits per heavy atom. The molecular formula is C17H24N4O. The van der Waals surface area contributed by atoms with Crippen LogP contribution in [0, 0.1) is 11.3 Å². The molecule has 1 aliphatic heterocycles. The lowest BCUT2D eigenvalue weighted by molar-refractivity contribution is -0.122. The molecule has 0 radical (unpaired) electrons. The molecule has 1 aromatic rings. The fourth-order valence-electron chi connectivity index (χ4n) is 2.71. The third-order valence-electron chi connectivity index (χ3n) is 3.95. The SMILES string of the molecule is CCCNC(=O)CN1CCN(C(C#N)c2ccccc2)CC1. The number of hydrogen-bond donors (Lipinski definition) is 1. The van der Waals surface area contributed by atoms with E-state index >= 15 is 0 Å². The molecule has 1 aliphatic rings. The second-order valence-electron chi connectivity index (χ2n) is 5.60. The highest BCUT2D eigenvalue weighted by atomic mass is 16.2. The lowest BCUT2D eigenvalue weighted by Gasteiger charge is -2.36. The Hall–Kier alpha value is -1.90. The second-order valence-corrected chi connectivity index (χ2v) is 5.60. The Morgan fingerprint density at radius 1 is 1.27 bits per heavy atom. The maximum atomic E-state index is 11.7. The summed E-state index contributed by atoms with van der Waals surface area (Å²) in [5.41, 5.74) is 1.04. The quantitative estimate of drug-likeness (QED) is 0.862. The zero-order valence-electron chi connectivity index (χ0n) is 13.2. The molecule has 0 bridgehead atoms. The number of nitriles is 1. The van der Waals surface area contributed by atoms with Crippen LogP contribution in [-0.4, -0.2) is 55.0 Å². The summed E-state index contributed by atoms with van der Waals surface area (Å²) < 4.78 is 0. The van der Waals surface area contributed by atoms with E-state index in [9.17, 15) is 10.1 Å². The Kier molecular flexibility index (Phi) is 6.38. The van der Waals surface area contributed by atoms with Crippen molar-refractivity contribution in [2.24, 2.45) is 0 Å². The molecule has 1 atom stereocenters. The normalized spacial score (nSPS) is 17.6. The summed E-state index contributed by atoms with van der Waals surface area (Å²) in [6, 6.07) is 12.1. The monoisotopic (exact) mass is 300 g/mol. The van der Waals surface area contributed by atoms with Gasteiger partial charge in [0.25, 0.3) is 0 Å². The van der Waals surface area contributed by atoms with Crippen molar-refractivity contribution in [1.82, 2.24) is 15.1 Å². The third kappa shape index (κ3) is 4.55. The van der Waals surface area contributed by atoms with E-state index in [0.717, 1.165) is 44.7 Å². The maximum Gasteiger partial charge on any atom is 0.234 e. The number of carbonyl (C=O) groups is 1. The largest absolute Gasteiger partial charge is 0.355 e. The van der Waals surface area contributed by atoms with Gasteiger partial charge in [0.05, 0.1) is 12.6 Å². The Balaban J connectivity index is 1.84. The van der Waals surface area contributed by atoms with Crippen molar-refractivity contribution in [2.45, 2.75) is 19.4 Å². The van der Waals surface area contributed by atoms with Gasteiger partial charge in [-0.1, -0.05) is 37.3 Å². The number of nitrogens with one attached hydrogen (secondary N) is 1.